The van der Waals surface area contributed by atoms with Crippen LogP contribution in [0.2, 0.25) is 0 Å². The monoisotopic (exact) mass is 332 g/mol. The lowest BCUT2D eigenvalue weighted by Crippen LogP contribution is -2.42. The molecule has 1 N–H and O–H groups in total. The van der Waals surface area contributed by atoms with Crippen molar-refractivity contribution >= 4 is 11.6 Å². The van der Waals surface area contributed by atoms with Crippen LogP contribution in [0.5, 0.6) is 5.75 Å². The number of methoxy groups -OCH3 is 1. The van der Waals surface area contributed by atoms with Crippen molar-refractivity contribution in [3.05, 3.63) is 23.8 Å². The molecule has 0 fully saturated rings. The zero-order valence-corrected chi connectivity index (χ0v) is 15.3. The van der Waals surface area contributed by atoms with E-state index in [0.717, 1.165) is 19.3 Å². The Kier molecular flexibility index (Phi) is 7.73. The van der Waals surface area contributed by atoms with Crippen LogP contribution in [-0.4, -0.2) is 24.7 Å². The summed E-state index contributed by atoms with van der Waals surface area (Å²) in [6.45, 7) is 7.73. The molecule has 0 aliphatic carbocycles. The molecule has 0 spiro atoms. The fourth-order valence-electron chi connectivity index (χ4n) is 2.35. The van der Waals surface area contributed by atoms with Crippen LogP contribution in [0.25, 0.3) is 0 Å². The van der Waals surface area contributed by atoms with Crippen LogP contribution in [0.15, 0.2) is 18.2 Å². The third kappa shape index (κ3) is 5.54. The molecule has 0 bridgehead atoms. The number of rotatable bonds is 9. The van der Waals surface area contributed by atoms with E-state index < -0.39 is 5.60 Å². The van der Waals surface area contributed by atoms with Gasteiger partial charge in [-0.15, -0.1) is 0 Å². The topological polar surface area (TPSA) is 71.3 Å². The number of ether oxygens (including phenoxy) is 2. The van der Waals surface area contributed by atoms with Gasteiger partial charge in [0.25, 0.3) is 5.91 Å². The Labute approximate surface area is 145 Å². The molecule has 1 amide bonds. The minimum Gasteiger partial charge on any atom is -0.491 e. The second kappa shape index (κ2) is 9.29. The van der Waals surface area contributed by atoms with E-state index >= 15 is 0 Å². The normalized spacial score (nSPS) is 13.2. The number of hydrogen-bond donors (Lipinski definition) is 1. The standard InChI is InChI=1S/C19H28N2O3/c1-6-7-8-11-19(4,23-5)18(22)21-17-10-9-16(24-14(2)3)12-15(17)13-20/h9-10,12,14H,6-8,11H2,1-5H3,(H,21,22). The lowest BCUT2D eigenvalue weighted by molar-refractivity contribution is -0.136. The number of carbonyl (C=O) groups excluding carboxylic acids is 1. The summed E-state index contributed by atoms with van der Waals surface area (Å²) in [6.07, 6.45) is 3.71. The Balaban J connectivity index is 2.90. The number of nitriles is 1. The quantitative estimate of drug-likeness (QED) is 0.686. The Hall–Kier alpha value is -2.06. The average molecular weight is 332 g/mol. The van der Waals surface area contributed by atoms with Gasteiger partial charge in [-0.05, 0) is 39.3 Å². The van der Waals surface area contributed by atoms with Crippen molar-refractivity contribution in [1.82, 2.24) is 0 Å². The molecule has 132 valence electrons. The summed E-state index contributed by atoms with van der Waals surface area (Å²) < 4.78 is 11.0. The van der Waals surface area contributed by atoms with Crippen molar-refractivity contribution < 1.29 is 14.3 Å². The van der Waals surface area contributed by atoms with E-state index in [1.54, 1.807) is 25.1 Å². The SMILES string of the molecule is CCCCCC(C)(OC)C(=O)Nc1ccc(OC(C)C)cc1C#N. The molecule has 0 heterocycles. The molecule has 1 rings (SSSR count). The second-order valence-corrected chi connectivity index (χ2v) is 6.33. The number of amides is 1. The van der Waals surface area contributed by atoms with Crippen LogP contribution < -0.4 is 10.1 Å². The fourth-order valence-corrected chi connectivity index (χ4v) is 2.35. The first-order chi connectivity index (χ1) is 11.4. The zero-order chi connectivity index (χ0) is 18.2. The third-order valence-electron chi connectivity index (χ3n) is 3.92. The lowest BCUT2D eigenvalue weighted by atomic mass is 9.96. The van der Waals surface area contributed by atoms with Crippen LogP contribution in [-0.2, 0) is 9.53 Å². The molecule has 1 aromatic rings. The van der Waals surface area contributed by atoms with Gasteiger partial charge < -0.3 is 14.8 Å². The maximum atomic E-state index is 12.6. The maximum Gasteiger partial charge on any atom is 0.256 e. The van der Waals surface area contributed by atoms with Crippen molar-refractivity contribution in [3.8, 4) is 11.8 Å². The first-order valence-corrected chi connectivity index (χ1v) is 8.43. The Morgan fingerprint density at radius 3 is 2.62 bits per heavy atom. The molecule has 0 aromatic heterocycles. The van der Waals surface area contributed by atoms with Crippen molar-refractivity contribution in [2.45, 2.75) is 65.1 Å². The Bertz CT molecular complexity index is 593. The van der Waals surface area contributed by atoms with Crippen molar-refractivity contribution in [2.24, 2.45) is 0 Å². The van der Waals surface area contributed by atoms with Gasteiger partial charge in [-0.25, -0.2) is 0 Å². The highest BCUT2D eigenvalue weighted by Gasteiger charge is 2.32. The van der Waals surface area contributed by atoms with Gasteiger partial charge in [0.15, 0.2) is 0 Å². The number of nitrogens with zero attached hydrogens (tertiary/aromatic N) is 1. The predicted octanol–water partition coefficient (Wildman–Crippen LogP) is 4.27. The summed E-state index contributed by atoms with van der Waals surface area (Å²) in [5, 5.41) is 12.2. The highest BCUT2D eigenvalue weighted by Crippen LogP contribution is 2.25. The highest BCUT2D eigenvalue weighted by molar-refractivity contribution is 5.98. The number of benzene rings is 1. The second-order valence-electron chi connectivity index (χ2n) is 6.33. The minimum atomic E-state index is -0.908. The van der Waals surface area contributed by atoms with Gasteiger partial charge in [-0.3, -0.25) is 4.79 Å². The summed E-state index contributed by atoms with van der Waals surface area (Å²) in [6, 6.07) is 7.18. The summed E-state index contributed by atoms with van der Waals surface area (Å²) in [7, 11) is 1.54. The number of nitrogens with one attached hydrogen (secondary N) is 1. The smallest absolute Gasteiger partial charge is 0.256 e. The van der Waals surface area contributed by atoms with Crippen molar-refractivity contribution in [1.29, 1.82) is 5.26 Å². The molecule has 0 saturated heterocycles. The molecule has 0 radical (unpaired) electrons. The van der Waals surface area contributed by atoms with Crippen LogP contribution in [0.1, 0.15) is 58.9 Å². The molecule has 1 unspecified atom stereocenters. The molecular weight excluding hydrogens is 304 g/mol. The van der Waals surface area contributed by atoms with Gasteiger partial charge >= 0.3 is 0 Å². The average Bonchev–Trinajstić information content (AvgIpc) is 2.55. The van der Waals surface area contributed by atoms with Crippen LogP contribution in [0.3, 0.4) is 0 Å². The lowest BCUT2D eigenvalue weighted by Gasteiger charge is -2.27. The zero-order valence-electron chi connectivity index (χ0n) is 15.3. The van der Waals surface area contributed by atoms with Gasteiger partial charge in [0.05, 0.1) is 17.4 Å². The van der Waals surface area contributed by atoms with Gasteiger partial charge in [0.1, 0.15) is 17.4 Å². The van der Waals surface area contributed by atoms with E-state index in [1.807, 2.05) is 13.8 Å². The molecule has 1 aromatic carbocycles. The molecule has 24 heavy (non-hydrogen) atoms. The van der Waals surface area contributed by atoms with E-state index in [2.05, 4.69) is 18.3 Å². The molecule has 0 aliphatic heterocycles. The van der Waals surface area contributed by atoms with Gasteiger partial charge in [0, 0.05) is 13.2 Å². The molecule has 0 aliphatic rings. The van der Waals surface area contributed by atoms with Crippen LogP contribution >= 0.6 is 0 Å². The number of carbonyl (C=O) groups is 1. The molecule has 1 atom stereocenters. The largest absolute Gasteiger partial charge is 0.491 e. The Morgan fingerprint density at radius 2 is 2.08 bits per heavy atom. The van der Waals surface area contributed by atoms with Crippen LogP contribution in [0.4, 0.5) is 5.69 Å². The van der Waals surface area contributed by atoms with Gasteiger partial charge in [-0.1, -0.05) is 26.2 Å². The molecule has 5 nitrogen and oxygen atoms in total. The molecule has 0 saturated carbocycles. The number of anilines is 1. The van der Waals surface area contributed by atoms with Gasteiger partial charge in [-0.2, -0.15) is 5.26 Å². The first-order valence-electron chi connectivity index (χ1n) is 8.43. The maximum absolute atomic E-state index is 12.6. The van der Waals surface area contributed by atoms with Crippen molar-refractivity contribution in [2.75, 3.05) is 12.4 Å². The number of unbranched alkanes of at least 4 members (excludes halogenated alkanes) is 2. The van der Waals surface area contributed by atoms with Gasteiger partial charge in [0.2, 0.25) is 0 Å². The van der Waals surface area contributed by atoms with E-state index in [0.29, 0.717) is 23.4 Å². The summed E-state index contributed by atoms with van der Waals surface area (Å²) in [5.41, 5.74) is -0.0690. The van der Waals surface area contributed by atoms with Crippen molar-refractivity contribution in [3.63, 3.8) is 0 Å². The predicted molar refractivity (Wildman–Crippen MR) is 95.1 cm³/mol. The van der Waals surface area contributed by atoms with E-state index in [1.165, 1.54) is 7.11 Å². The fraction of sp³-hybridized carbons (Fsp3) is 0.579. The molecular formula is C19H28N2O3. The number of hydrogen-bond acceptors (Lipinski definition) is 4. The minimum absolute atomic E-state index is 0.0207. The van der Waals surface area contributed by atoms with E-state index in [-0.39, 0.29) is 12.0 Å². The Morgan fingerprint density at radius 1 is 1.38 bits per heavy atom. The van der Waals surface area contributed by atoms with E-state index in [9.17, 15) is 10.1 Å². The van der Waals surface area contributed by atoms with Crippen LogP contribution in [0, 0.1) is 11.3 Å². The first kappa shape index (κ1) is 20.0. The third-order valence-corrected chi connectivity index (χ3v) is 3.92. The van der Waals surface area contributed by atoms with E-state index in [4.69, 9.17) is 9.47 Å². The summed E-state index contributed by atoms with van der Waals surface area (Å²) in [4.78, 5) is 12.6. The molecule has 5 heteroatoms. The highest BCUT2D eigenvalue weighted by atomic mass is 16.5. The summed E-state index contributed by atoms with van der Waals surface area (Å²) in [5.74, 6) is 0.368. The summed E-state index contributed by atoms with van der Waals surface area (Å²) >= 11 is 0.